The molecule has 5 heteroatoms. The Bertz CT molecular complexity index is 400. The predicted molar refractivity (Wildman–Crippen MR) is 45.2 cm³/mol. The van der Waals surface area contributed by atoms with Crippen molar-refractivity contribution in [3.8, 4) is 0 Å². The van der Waals surface area contributed by atoms with Crippen molar-refractivity contribution in [2.75, 3.05) is 0 Å². The van der Waals surface area contributed by atoms with Gasteiger partial charge in [-0.15, -0.1) is 0 Å². The molecule has 1 N–H and O–H groups in total. The SMILES string of the molecule is S=c1[nH]ncn1Cc1ccoc1. The zero-order valence-electron chi connectivity index (χ0n) is 6.23. The number of hydrogen-bond acceptors (Lipinski definition) is 3. The van der Waals surface area contributed by atoms with Crippen LogP contribution in [0.25, 0.3) is 0 Å². The maximum absolute atomic E-state index is 4.97. The highest BCUT2D eigenvalue weighted by atomic mass is 32.1. The van der Waals surface area contributed by atoms with Gasteiger partial charge in [-0.25, -0.2) is 0 Å². The van der Waals surface area contributed by atoms with Gasteiger partial charge in [0, 0.05) is 5.56 Å². The molecule has 0 spiro atoms. The van der Waals surface area contributed by atoms with E-state index < -0.39 is 0 Å². The van der Waals surface area contributed by atoms with Gasteiger partial charge in [0.2, 0.25) is 0 Å². The van der Waals surface area contributed by atoms with Crippen LogP contribution in [0.1, 0.15) is 5.56 Å². The van der Waals surface area contributed by atoms with Gasteiger partial charge < -0.3 is 8.98 Å². The van der Waals surface area contributed by atoms with Crippen LogP contribution in [0.2, 0.25) is 0 Å². The Balaban J connectivity index is 2.25. The van der Waals surface area contributed by atoms with Crippen LogP contribution < -0.4 is 0 Å². The quantitative estimate of drug-likeness (QED) is 0.715. The largest absolute Gasteiger partial charge is 0.472 e. The van der Waals surface area contributed by atoms with Crippen LogP contribution in [-0.4, -0.2) is 14.8 Å². The molecule has 0 saturated carbocycles. The molecule has 0 bridgehead atoms. The molecule has 0 aromatic carbocycles. The lowest BCUT2D eigenvalue weighted by molar-refractivity contribution is 0.562. The molecule has 0 aliphatic carbocycles. The first-order valence-corrected chi connectivity index (χ1v) is 3.88. The van der Waals surface area contributed by atoms with E-state index in [-0.39, 0.29) is 0 Å². The van der Waals surface area contributed by atoms with Crippen LogP contribution in [0.5, 0.6) is 0 Å². The third-order valence-electron chi connectivity index (χ3n) is 1.55. The number of aromatic amines is 1. The Morgan fingerprint density at radius 1 is 1.67 bits per heavy atom. The first kappa shape index (κ1) is 7.30. The zero-order chi connectivity index (χ0) is 8.39. The minimum Gasteiger partial charge on any atom is -0.472 e. The van der Waals surface area contributed by atoms with E-state index in [1.165, 1.54) is 0 Å². The molecule has 2 rings (SSSR count). The zero-order valence-corrected chi connectivity index (χ0v) is 7.04. The fourth-order valence-electron chi connectivity index (χ4n) is 0.962. The molecule has 0 aliphatic heterocycles. The maximum Gasteiger partial charge on any atom is 0.195 e. The topological polar surface area (TPSA) is 46.8 Å². The second kappa shape index (κ2) is 2.94. The standard InChI is InChI=1S/C7H7N3OS/c12-7-9-8-5-10(7)3-6-1-2-11-4-6/h1-2,4-5H,3H2,(H,9,12). The molecule has 0 radical (unpaired) electrons. The Labute approximate surface area is 73.8 Å². The molecule has 0 unspecified atom stereocenters. The monoisotopic (exact) mass is 181 g/mol. The lowest BCUT2D eigenvalue weighted by atomic mass is 10.3. The van der Waals surface area contributed by atoms with E-state index >= 15 is 0 Å². The minimum atomic E-state index is 0.621. The molecule has 2 heterocycles. The number of furan rings is 1. The average molecular weight is 181 g/mol. The number of nitrogens with zero attached hydrogens (tertiary/aromatic N) is 2. The molecule has 0 aliphatic rings. The Hall–Kier alpha value is -1.36. The summed E-state index contributed by atoms with van der Waals surface area (Å²) < 4.78 is 7.38. The van der Waals surface area contributed by atoms with E-state index in [4.69, 9.17) is 16.6 Å². The normalized spacial score (nSPS) is 10.3. The third kappa shape index (κ3) is 1.31. The molecular weight excluding hydrogens is 174 g/mol. The summed E-state index contributed by atoms with van der Waals surface area (Å²) in [6, 6.07) is 1.90. The van der Waals surface area contributed by atoms with Crippen LogP contribution in [-0.2, 0) is 6.54 Å². The summed E-state index contributed by atoms with van der Waals surface area (Å²) in [6.45, 7) is 0.700. The number of nitrogens with one attached hydrogen (secondary N) is 1. The molecule has 2 aromatic rings. The van der Waals surface area contributed by atoms with Gasteiger partial charge in [0.25, 0.3) is 0 Å². The summed E-state index contributed by atoms with van der Waals surface area (Å²) in [7, 11) is 0. The van der Waals surface area contributed by atoms with Gasteiger partial charge in [-0.2, -0.15) is 5.10 Å². The lowest BCUT2D eigenvalue weighted by Crippen LogP contribution is -1.96. The van der Waals surface area contributed by atoms with Gasteiger partial charge in [-0.1, -0.05) is 0 Å². The lowest BCUT2D eigenvalue weighted by Gasteiger charge is -1.95. The fourth-order valence-corrected chi connectivity index (χ4v) is 1.13. The first-order chi connectivity index (χ1) is 5.86. The van der Waals surface area contributed by atoms with E-state index in [0.717, 1.165) is 5.56 Å². The van der Waals surface area contributed by atoms with Crippen molar-refractivity contribution < 1.29 is 4.42 Å². The number of hydrogen-bond donors (Lipinski definition) is 1. The number of H-pyrrole nitrogens is 1. The summed E-state index contributed by atoms with van der Waals surface area (Å²) in [5.41, 5.74) is 1.08. The van der Waals surface area contributed by atoms with Crippen LogP contribution >= 0.6 is 12.2 Å². The number of aromatic nitrogens is 3. The molecule has 12 heavy (non-hydrogen) atoms. The van der Waals surface area contributed by atoms with Crippen molar-refractivity contribution in [2.45, 2.75) is 6.54 Å². The summed E-state index contributed by atoms with van der Waals surface area (Å²) in [5.74, 6) is 0. The highest BCUT2D eigenvalue weighted by Gasteiger charge is 1.96. The highest BCUT2D eigenvalue weighted by molar-refractivity contribution is 7.71. The van der Waals surface area contributed by atoms with Crippen molar-refractivity contribution in [3.63, 3.8) is 0 Å². The maximum atomic E-state index is 4.97. The smallest absolute Gasteiger partial charge is 0.195 e. The van der Waals surface area contributed by atoms with Crippen LogP contribution in [0, 0.1) is 4.77 Å². The Kier molecular flexibility index (Phi) is 1.79. The van der Waals surface area contributed by atoms with E-state index in [9.17, 15) is 0 Å². The molecule has 4 nitrogen and oxygen atoms in total. The summed E-state index contributed by atoms with van der Waals surface area (Å²) in [4.78, 5) is 0. The second-order valence-electron chi connectivity index (χ2n) is 2.42. The van der Waals surface area contributed by atoms with Gasteiger partial charge in [0.1, 0.15) is 6.33 Å². The Morgan fingerprint density at radius 3 is 3.17 bits per heavy atom. The highest BCUT2D eigenvalue weighted by Crippen LogP contribution is 2.02. The second-order valence-corrected chi connectivity index (χ2v) is 2.81. The molecule has 62 valence electrons. The van der Waals surface area contributed by atoms with Gasteiger partial charge in [-0.3, -0.25) is 5.10 Å². The third-order valence-corrected chi connectivity index (χ3v) is 1.88. The van der Waals surface area contributed by atoms with E-state index in [2.05, 4.69) is 10.2 Å². The van der Waals surface area contributed by atoms with Crippen molar-refractivity contribution in [2.24, 2.45) is 0 Å². The van der Waals surface area contributed by atoms with E-state index in [0.29, 0.717) is 11.3 Å². The van der Waals surface area contributed by atoms with Gasteiger partial charge >= 0.3 is 0 Å². The summed E-state index contributed by atoms with van der Waals surface area (Å²) >= 11 is 4.97. The molecule has 0 amide bonds. The van der Waals surface area contributed by atoms with Crippen molar-refractivity contribution >= 4 is 12.2 Å². The molecular formula is C7H7N3OS. The fraction of sp³-hybridized carbons (Fsp3) is 0.143. The predicted octanol–water partition coefficient (Wildman–Crippen LogP) is 1.58. The summed E-state index contributed by atoms with van der Waals surface area (Å²) in [5, 5.41) is 6.48. The molecule has 2 aromatic heterocycles. The van der Waals surface area contributed by atoms with Crippen molar-refractivity contribution in [1.29, 1.82) is 0 Å². The molecule has 0 saturated heterocycles. The first-order valence-electron chi connectivity index (χ1n) is 3.47. The minimum absolute atomic E-state index is 0.621. The van der Waals surface area contributed by atoms with Crippen molar-refractivity contribution in [1.82, 2.24) is 14.8 Å². The van der Waals surface area contributed by atoms with Crippen LogP contribution in [0.15, 0.2) is 29.3 Å². The average Bonchev–Trinajstić information content (AvgIpc) is 2.65. The van der Waals surface area contributed by atoms with Gasteiger partial charge in [0.05, 0.1) is 19.1 Å². The Morgan fingerprint density at radius 2 is 2.58 bits per heavy atom. The molecule has 0 fully saturated rings. The summed E-state index contributed by atoms with van der Waals surface area (Å²) in [6.07, 6.45) is 4.99. The molecule has 0 atom stereocenters. The number of rotatable bonds is 2. The van der Waals surface area contributed by atoms with Gasteiger partial charge in [-0.05, 0) is 18.3 Å². The van der Waals surface area contributed by atoms with Gasteiger partial charge in [0.15, 0.2) is 4.77 Å². The van der Waals surface area contributed by atoms with E-state index in [1.807, 2.05) is 10.6 Å². The van der Waals surface area contributed by atoms with Crippen molar-refractivity contribution in [3.05, 3.63) is 35.3 Å². The van der Waals surface area contributed by atoms with Crippen LogP contribution in [0.4, 0.5) is 0 Å². The van der Waals surface area contributed by atoms with Crippen LogP contribution in [0.3, 0.4) is 0 Å². The van der Waals surface area contributed by atoms with E-state index in [1.54, 1.807) is 18.9 Å².